The van der Waals surface area contributed by atoms with Crippen LogP contribution in [-0.2, 0) is 4.79 Å². The molecule has 0 heterocycles. The van der Waals surface area contributed by atoms with Crippen LogP contribution in [0.3, 0.4) is 0 Å². The van der Waals surface area contributed by atoms with Gasteiger partial charge < -0.3 is 4.90 Å². The number of amides is 1. The minimum absolute atomic E-state index is 0.375. The summed E-state index contributed by atoms with van der Waals surface area (Å²) in [7, 11) is 0. The summed E-state index contributed by atoms with van der Waals surface area (Å²) < 4.78 is 0. The van der Waals surface area contributed by atoms with Crippen LogP contribution in [-0.4, -0.2) is 23.9 Å². The third-order valence-corrected chi connectivity index (χ3v) is 4.33. The molecule has 0 aliphatic carbocycles. The second-order valence-corrected chi connectivity index (χ2v) is 6.67. The Morgan fingerprint density at radius 2 is 1.00 bits per heavy atom. The van der Waals surface area contributed by atoms with Gasteiger partial charge in [-0.15, -0.1) is 0 Å². The number of carbonyl (C=O) groups is 1. The van der Waals surface area contributed by atoms with Gasteiger partial charge in [0.25, 0.3) is 0 Å². The molecule has 0 saturated heterocycles. The Labute approximate surface area is 140 Å². The highest BCUT2D eigenvalue weighted by Crippen LogP contribution is 2.12. The lowest BCUT2D eigenvalue weighted by Gasteiger charge is -2.21. The summed E-state index contributed by atoms with van der Waals surface area (Å²) in [4.78, 5) is 14.2. The molecule has 0 aromatic rings. The Morgan fingerprint density at radius 3 is 1.41 bits per heavy atom. The van der Waals surface area contributed by atoms with E-state index in [1.807, 2.05) is 0 Å². The highest BCUT2D eigenvalue weighted by molar-refractivity contribution is 5.76. The van der Waals surface area contributed by atoms with Crippen molar-refractivity contribution in [2.75, 3.05) is 13.1 Å². The molecule has 0 N–H and O–H groups in total. The molecule has 0 saturated carbocycles. The third kappa shape index (κ3) is 13.2. The van der Waals surface area contributed by atoms with Gasteiger partial charge in [-0.05, 0) is 19.3 Å². The predicted octanol–water partition coefficient (Wildman–Crippen LogP) is 6.34. The number of carbonyl (C=O) groups excluding carboxylic acids is 1. The zero-order valence-corrected chi connectivity index (χ0v) is 15.7. The van der Waals surface area contributed by atoms with Gasteiger partial charge in [-0.25, -0.2) is 0 Å². The van der Waals surface area contributed by atoms with E-state index in [9.17, 15) is 4.79 Å². The van der Waals surface area contributed by atoms with Gasteiger partial charge in [0.15, 0.2) is 0 Å². The van der Waals surface area contributed by atoms with Crippen LogP contribution in [0, 0.1) is 0 Å². The molecule has 0 unspecified atom stereocenters. The molecule has 0 spiro atoms. The Bertz CT molecular complexity index is 234. The lowest BCUT2D eigenvalue weighted by atomic mass is 10.1. The van der Waals surface area contributed by atoms with E-state index in [2.05, 4.69) is 25.7 Å². The first-order valence-corrected chi connectivity index (χ1v) is 10.0. The highest BCUT2D eigenvalue weighted by Gasteiger charge is 2.10. The van der Waals surface area contributed by atoms with Crippen molar-refractivity contribution < 1.29 is 4.79 Å². The molecule has 0 bridgehead atoms. The standard InChI is InChI=1S/C20H41NO/c1-4-7-8-9-10-11-12-13-14-15-16-17-20(22)21(18-5-2)19-6-3/h4-19H2,1-3H3. The SMILES string of the molecule is CCCCCCCCCCCCCC(=O)N(CCC)CCC. The van der Waals surface area contributed by atoms with E-state index < -0.39 is 0 Å². The molecule has 0 radical (unpaired) electrons. The first-order valence-electron chi connectivity index (χ1n) is 10.0. The number of hydrogen-bond acceptors (Lipinski definition) is 1. The maximum atomic E-state index is 12.1. The second-order valence-electron chi connectivity index (χ2n) is 6.67. The van der Waals surface area contributed by atoms with E-state index in [1.54, 1.807) is 0 Å². The van der Waals surface area contributed by atoms with E-state index in [0.29, 0.717) is 5.91 Å². The molecule has 0 fully saturated rings. The van der Waals surface area contributed by atoms with Crippen LogP contribution in [0.25, 0.3) is 0 Å². The van der Waals surface area contributed by atoms with Crippen molar-refractivity contribution >= 4 is 5.91 Å². The topological polar surface area (TPSA) is 20.3 Å². The van der Waals surface area contributed by atoms with Gasteiger partial charge in [-0.1, -0.05) is 85.0 Å². The maximum Gasteiger partial charge on any atom is 0.222 e. The number of hydrogen-bond donors (Lipinski definition) is 0. The monoisotopic (exact) mass is 311 g/mol. The van der Waals surface area contributed by atoms with Crippen molar-refractivity contribution in [3.8, 4) is 0 Å². The molecule has 132 valence electrons. The fourth-order valence-corrected chi connectivity index (χ4v) is 3.00. The van der Waals surface area contributed by atoms with Gasteiger partial charge >= 0.3 is 0 Å². The summed E-state index contributed by atoms with van der Waals surface area (Å²) in [6.07, 6.45) is 17.7. The number of nitrogens with zero attached hydrogens (tertiary/aromatic N) is 1. The minimum atomic E-state index is 0.375. The molecule has 0 rings (SSSR count). The molecular formula is C20H41NO. The molecule has 0 atom stereocenters. The van der Waals surface area contributed by atoms with E-state index in [1.165, 1.54) is 64.2 Å². The lowest BCUT2D eigenvalue weighted by Crippen LogP contribution is -2.32. The zero-order valence-electron chi connectivity index (χ0n) is 15.7. The molecule has 0 aliphatic rings. The second kappa shape index (κ2) is 16.8. The van der Waals surface area contributed by atoms with Crippen molar-refractivity contribution in [1.29, 1.82) is 0 Å². The van der Waals surface area contributed by atoms with Gasteiger partial charge in [-0.3, -0.25) is 4.79 Å². The Morgan fingerprint density at radius 1 is 0.591 bits per heavy atom. The fourth-order valence-electron chi connectivity index (χ4n) is 3.00. The molecule has 2 nitrogen and oxygen atoms in total. The van der Waals surface area contributed by atoms with Crippen LogP contribution >= 0.6 is 0 Å². The summed E-state index contributed by atoms with van der Waals surface area (Å²) in [5, 5.41) is 0. The Balaban J connectivity index is 3.39. The van der Waals surface area contributed by atoms with E-state index in [4.69, 9.17) is 0 Å². The predicted molar refractivity (Wildman–Crippen MR) is 98.2 cm³/mol. The van der Waals surface area contributed by atoms with Crippen molar-refractivity contribution in [2.45, 2.75) is 111 Å². The average Bonchev–Trinajstić information content (AvgIpc) is 2.52. The van der Waals surface area contributed by atoms with Gasteiger partial charge in [0.05, 0.1) is 0 Å². The summed E-state index contributed by atoms with van der Waals surface area (Å²) in [5.74, 6) is 0.375. The Hall–Kier alpha value is -0.530. The average molecular weight is 312 g/mol. The van der Waals surface area contributed by atoms with Crippen molar-refractivity contribution in [3.63, 3.8) is 0 Å². The molecule has 0 aromatic heterocycles. The summed E-state index contributed by atoms with van der Waals surface area (Å²) in [6, 6.07) is 0. The van der Waals surface area contributed by atoms with Crippen molar-refractivity contribution in [1.82, 2.24) is 4.90 Å². The summed E-state index contributed by atoms with van der Waals surface area (Å²) in [5.41, 5.74) is 0. The van der Waals surface area contributed by atoms with E-state index in [0.717, 1.165) is 38.8 Å². The Kier molecular flexibility index (Phi) is 16.4. The number of rotatable bonds is 16. The minimum Gasteiger partial charge on any atom is -0.343 e. The quantitative estimate of drug-likeness (QED) is 0.305. The molecule has 22 heavy (non-hydrogen) atoms. The fraction of sp³-hybridized carbons (Fsp3) is 0.950. The zero-order chi connectivity index (χ0) is 16.5. The summed E-state index contributed by atoms with van der Waals surface area (Å²) >= 11 is 0. The van der Waals surface area contributed by atoms with Crippen molar-refractivity contribution in [2.24, 2.45) is 0 Å². The smallest absolute Gasteiger partial charge is 0.222 e. The van der Waals surface area contributed by atoms with Crippen LogP contribution in [0.2, 0.25) is 0 Å². The largest absolute Gasteiger partial charge is 0.343 e. The maximum absolute atomic E-state index is 12.1. The van der Waals surface area contributed by atoms with Crippen LogP contribution in [0.4, 0.5) is 0 Å². The molecular weight excluding hydrogens is 270 g/mol. The van der Waals surface area contributed by atoms with E-state index in [-0.39, 0.29) is 0 Å². The van der Waals surface area contributed by atoms with Gasteiger partial charge in [0.2, 0.25) is 5.91 Å². The summed E-state index contributed by atoms with van der Waals surface area (Å²) in [6.45, 7) is 8.44. The third-order valence-electron chi connectivity index (χ3n) is 4.33. The molecule has 1 amide bonds. The van der Waals surface area contributed by atoms with Crippen molar-refractivity contribution in [3.05, 3.63) is 0 Å². The molecule has 2 heteroatoms. The normalized spacial score (nSPS) is 10.9. The van der Waals surface area contributed by atoms with Crippen LogP contribution in [0.5, 0.6) is 0 Å². The van der Waals surface area contributed by atoms with Gasteiger partial charge in [-0.2, -0.15) is 0 Å². The van der Waals surface area contributed by atoms with E-state index >= 15 is 0 Å². The molecule has 0 aromatic carbocycles. The van der Waals surface area contributed by atoms with Crippen LogP contribution in [0.1, 0.15) is 111 Å². The molecule has 0 aliphatic heterocycles. The van der Waals surface area contributed by atoms with Crippen LogP contribution < -0.4 is 0 Å². The van der Waals surface area contributed by atoms with Gasteiger partial charge in [0.1, 0.15) is 0 Å². The van der Waals surface area contributed by atoms with Gasteiger partial charge in [0, 0.05) is 19.5 Å². The first-order chi connectivity index (χ1) is 10.8. The van der Waals surface area contributed by atoms with Crippen LogP contribution in [0.15, 0.2) is 0 Å². The first kappa shape index (κ1) is 21.5. The number of unbranched alkanes of at least 4 members (excludes halogenated alkanes) is 10. The highest BCUT2D eigenvalue weighted by atomic mass is 16.2. The lowest BCUT2D eigenvalue weighted by molar-refractivity contribution is -0.131.